The molecule has 0 fully saturated rings. The number of rotatable bonds is 4. The predicted octanol–water partition coefficient (Wildman–Crippen LogP) is 1.50. The first-order valence-electron chi connectivity index (χ1n) is 4.39. The molecule has 0 aliphatic carbocycles. The molecule has 0 aliphatic rings. The highest BCUT2D eigenvalue weighted by Crippen LogP contribution is 2.24. The van der Waals surface area contributed by atoms with Crippen molar-refractivity contribution in [2.24, 2.45) is 0 Å². The Morgan fingerprint density at radius 1 is 1.47 bits per heavy atom. The molecule has 0 spiro atoms. The molecule has 0 unspecified atom stereocenters. The molecule has 1 rings (SSSR count). The number of hydrogen-bond acceptors (Lipinski definition) is 4. The van der Waals surface area contributed by atoms with Gasteiger partial charge in [-0.3, -0.25) is 0 Å². The number of carbonyl (C=O) groups is 1. The van der Waals surface area contributed by atoms with E-state index in [1.165, 1.54) is 31.4 Å². The Hall–Kier alpha value is -1.81. The topological polar surface area (TPSA) is 55.8 Å². The van der Waals surface area contributed by atoms with Gasteiger partial charge in [-0.15, -0.1) is 0 Å². The van der Waals surface area contributed by atoms with Crippen molar-refractivity contribution in [1.82, 2.24) is 0 Å². The molecule has 0 amide bonds. The number of methoxy groups -OCH3 is 1. The van der Waals surface area contributed by atoms with E-state index in [4.69, 9.17) is 9.47 Å². The summed E-state index contributed by atoms with van der Waals surface area (Å²) in [7, 11) is 1.53. The van der Waals surface area contributed by atoms with Crippen LogP contribution in [0.1, 0.15) is 0 Å². The van der Waals surface area contributed by atoms with Gasteiger partial charge in [0.25, 0.3) is 0 Å². The van der Waals surface area contributed by atoms with Crippen molar-refractivity contribution in [1.29, 1.82) is 0 Å². The van der Waals surface area contributed by atoms with E-state index in [9.17, 15) is 9.90 Å². The fraction of sp³-hybridized carbons (Fsp3) is 0.182. The number of carbonyl (C=O) groups excluding carboxylic acids is 1. The van der Waals surface area contributed by atoms with Crippen molar-refractivity contribution in [2.75, 3.05) is 13.7 Å². The summed E-state index contributed by atoms with van der Waals surface area (Å²) in [6.07, 6.45) is 2.78. The molecule has 0 radical (unpaired) electrons. The molecule has 0 saturated heterocycles. The average molecular weight is 208 g/mol. The second-order valence-electron chi connectivity index (χ2n) is 2.75. The molecule has 0 atom stereocenters. The van der Waals surface area contributed by atoms with Crippen LogP contribution in [0.5, 0.6) is 11.5 Å². The first-order chi connectivity index (χ1) is 7.24. The van der Waals surface area contributed by atoms with Gasteiger partial charge >= 0.3 is 5.97 Å². The van der Waals surface area contributed by atoms with Crippen LogP contribution in [0.3, 0.4) is 0 Å². The minimum absolute atomic E-state index is 0.0639. The van der Waals surface area contributed by atoms with E-state index in [-0.39, 0.29) is 11.5 Å². The van der Waals surface area contributed by atoms with Gasteiger partial charge < -0.3 is 14.6 Å². The van der Waals surface area contributed by atoms with Crippen LogP contribution >= 0.6 is 0 Å². The summed E-state index contributed by atoms with van der Waals surface area (Å²) < 4.78 is 9.58. The SMILES string of the molecule is COC/C=C/C(=O)Oc1ccccc1O. The maximum absolute atomic E-state index is 11.2. The van der Waals surface area contributed by atoms with Gasteiger partial charge in [0.2, 0.25) is 0 Å². The van der Waals surface area contributed by atoms with Crippen molar-refractivity contribution in [3.05, 3.63) is 36.4 Å². The summed E-state index contributed by atoms with van der Waals surface area (Å²) in [4.78, 5) is 11.2. The van der Waals surface area contributed by atoms with E-state index in [1.807, 2.05) is 0 Å². The molecule has 80 valence electrons. The van der Waals surface area contributed by atoms with Crippen molar-refractivity contribution >= 4 is 5.97 Å². The van der Waals surface area contributed by atoms with Crippen LogP contribution in [0.25, 0.3) is 0 Å². The summed E-state index contributed by atoms with van der Waals surface area (Å²) in [5.41, 5.74) is 0. The van der Waals surface area contributed by atoms with E-state index >= 15 is 0 Å². The fourth-order valence-corrected chi connectivity index (χ4v) is 0.926. The second-order valence-corrected chi connectivity index (χ2v) is 2.75. The van der Waals surface area contributed by atoms with Gasteiger partial charge in [-0.2, -0.15) is 0 Å². The van der Waals surface area contributed by atoms with Crippen LogP contribution < -0.4 is 4.74 Å². The highest BCUT2D eigenvalue weighted by molar-refractivity contribution is 5.84. The van der Waals surface area contributed by atoms with Crippen LogP contribution in [-0.4, -0.2) is 24.8 Å². The molecule has 0 aromatic heterocycles. The molecule has 0 bridgehead atoms. The molecule has 0 saturated carbocycles. The molecule has 15 heavy (non-hydrogen) atoms. The molecule has 0 aliphatic heterocycles. The Kier molecular flexibility index (Phi) is 4.37. The zero-order chi connectivity index (χ0) is 11.1. The zero-order valence-corrected chi connectivity index (χ0v) is 8.34. The van der Waals surface area contributed by atoms with E-state index in [2.05, 4.69) is 0 Å². The van der Waals surface area contributed by atoms with Crippen LogP contribution in [0.4, 0.5) is 0 Å². The van der Waals surface area contributed by atoms with E-state index in [1.54, 1.807) is 12.1 Å². The van der Waals surface area contributed by atoms with Gasteiger partial charge in [-0.1, -0.05) is 18.2 Å². The number of para-hydroxylation sites is 2. The standard InChI is InChI=1S/C11H12O4/c1-14-8-4-7-11(13)15-10-6-3-2-5-9(10)12/h2-7,12H,8H2,1H3/b7-4+. The summed E-state index contributed by atoms with van der Waals surface area (Å²) in [5, 5.41) is 9.30. The predicted molar refractivity (Wildman–Crippen MR) is 54.8 cm³/mol. The summed E-state index contributed by atoms with van der Waals surface area (Å²) in [6.45, 7) is 0.343. The third kappa shape index (κ3) is 3.83. The number of hydrogen-bond donors (Lipinski definition) is 1. The second kappa shape index (κ2) is 5.82. The van der Waals surface area contributed by atoms with Crippen LogP contribution in [0.2, 0.25) is 0 Å². The number of phenols is 1. The van der Waals surface area contributed by atoms with Crippen LogP contribution in [0, 0.1) is 0 Å². The molecule has 1 aromatic rings. The van der Waals surface area contributed by atoms with E-state index in [0.717, 1.165) is 0 Å². The monoisotopic (exact) mass is 208 g/mol. The quantitative estimate of drug-likeness (QED) is 0.463. The lowest BCUT2D eigenvalue weighted by molar-refractivity contribution is -0.129. The highest BCUT2D eigenvalue weighted by Gasteiger charge is 2.04. The highest BCUT2D eigenvalue weighted by atomic mass is 16.5. The van der Waals surface area contributed by atoms with Crippen molar-refractivity contribution < 1.29 is 19.4 Å². The van der Waals surface area contributed by atoms with Gasteiger partial charge in [-0.05, 0) is 12.1 Å². The van der Waals surface area contributed by atoms with Crippen molar-refractivity contribution in [2.45, 2.75) is 0 Å². The maximum atomic E-state index is 11.2. The van der Waals surface area contributed by atoms with Gasteiger partial charge in [0.05, 0.1) is 6.61 Å². The minimum Gasteiger partial charge on any atom is -0.504 e. The van der Waals surface area contributed by atoms with E-state index in [0.29, 0.717) is 6.61 Å². The smallest absolute Gasteiger partial charge is 0.336 e. The van der Waals surface area contributed by atoms with Gasteiger partial charge in [0.15, 0.2) is 11.5 Å². The number of esters is 1. The molecule has 4 nitrogen and oxygen atoms in total. The number of benzene rings is 1. The Morgan fingerprint density at radius 3 is 2.87 bits per heavy atom. The Morgan fingerprint density at radius 2 is 2.20 bits per heavy atom. The third-order valence-electron chi connectivity index (χ3n) is 1.59. The molecular weight excluding hydrogens is 196 g/mol. The average Bonchev–Trinajstić information content (AvgIpc) is 2.22. The molecule has 1 aromatic carbocycles. The summed E-state index contributed by atoms with van der Waals surface area (Å²) in [5.74, 6) is -0.468. The Balaban J connectivity index is 2.55. The molecule has 1 N–H and O–H groups in total. The number of phenolic OH excluding ortho intramolecular Hbond substituents is 1. The van der Waals surface area contributed by atoms with Crippen molar-refractivity contribution in [3.8, 4) is 11.5 Å². The lowest BCUT2D eigenvalue weighted by atomic mass is 10.3. The first-order valence-corrected chi connectivity index (χ1v) is 4.39. The Bertz CT molecular complexity index is 357. The lowest BCUT2D eigenvalue weighted by Crippen LogP contribution is -2.04. The summed E-state index contributed by atoms with van der Waals surface area (Å²) in [6, 6.07) is 6.27. The van der Waals surface area contributed by atoms with Crippen molar-refractivity contribution in [3.63, 3.8) is 0 Å². The maximum Gasteiger partial charge on any atom is 0.336 e. The van der Waals surface area contributed by atoms with Crippen LogP contribution in [-0.2, 0) is 9.53 Å². The minimum atomic E-state index is -0.548. The van der Waals surface area contributed by atoms with Gasteiger partial charge in [-0.25, -0.2) is 4.79 Å². The Labute approximate surface area is 87.7 Å². The zero-order valence-electron chi connectivity index (χ0n) is 8.34. The molecule has 4 heteroatoms. The third-order valence-corrected chi connectivity index (χ3v) is 1.59. The number of aromatic hydroxyl groups is 1. The summed E-state index contributed by atoms with van der Waals surface area (Å²) >= 11 is 0. The lowest BCUT2D eigenvalue weighted by Gasteiger charge is -2.02. The largest absolute Gasteiger partial charge is 0.504 e. The van der Waals surface area contributed by atoms with E-state index < -0.39 is 5.97 Å². The molecular formula is C11H12O4. The van der Waals surface area contributed by atoms with Gasteiger partial charge in [0, 0.05) is 13.2 Å². The van der Waals surface area contributed by atoms with Gasteiger partial charge in [0.1, 0.15) is 0 Å². The van der Waals surface area contributed by atoms with Crippen LogP contribution in [0.15, 0.2) is 36.4 Å². The molecule has 0 heterocycles. The number of ether oxygens (including phenoxy) is 2. The fourth-order valence-electron chi connectivity index (χ4n) is 0.926. The normalized spacial score (nSPS) is 10.5. The first kappa shape index (κ1) is 11.3.